The van der Waals surface area contributed by atoms with Crippen LogP contribution in [0.1, 0.15) is 31.1 Å². The topological polar surface area (TPSA) is 94.0 Å². The first-order chi connectivity index (χ1) is 17.0. The minimum atomic E-state index is -0.300. The summed E-state index contributed by atoms with van der Waals surface area (Å²) < 4.78 is 7.65. The SMILES string of the molecule is CON(C)C(=O)c1ccc2ncn(-c3ccc(OCCN4C(=O)c5ccccc5C4=O)cc3)c2c1. The van der Waals surface area contributed by atoms with E-state index in [9.17, 15) is 14.4 Å². The normalized spacial score (nSPS) is 12.8. The van der Waals surface area contributed by atoms with E-state index in [1.54, 1.807) is 68.0 Å². The lowest BCUT2D eigenvalue weighted by Crippen LogP contribution is -2.33. The largest absolute Gasteiger partial charge is 0.492 e. The molecule has 35 heavy (non-hydrogen) atoms. The molecular formula is C26H22N4O5. The Morgan fingerprint density at radius 3 is 2.31 bits per heavy atom. The molecule has 0 saturated carbocycles. The molecule has 2 heterocycles. The van der Waals surface area contributed by atoms with E-state index in [2.05, 4.69) is 4.98 Å². The number of imidazole rings is 1. The first-order valence-electron chi connectivity index (χ1n) is 11.0. The second kappa shape index (κ2) is 9.03. The van der Waals surface area contributed by atoms with Gasteiger partial charge in [0.1, 0.15) is 18.7 Å². The second-order valence-corrected chi connectivity index (χ2v) is 7.95. The number of carbonyl (C=O) groups is 3. The van der Waals surface area contributed by atoms with E-state index in [1.807, 2.05) is 16.7 Å². The lowest BCUT2D eigenvalue weighted by Gasteiger charge is -2.15. The predicted molar refractivity (Wildman–Crippen MR) is 127 cm³/mol. The summed E-state index contributed by atoms with van der Waals surface area (Å²) in [7, 11) is 2.99. The molecular weight excluding hydrogens is 448 g/mol. The number of hydroxylamine groups is 2. The van der Waals surface area contributed by atoms with Gasteiger partial charge in [0.2, 0.25) is 0 Å². The van der Waals surface area contributed by atoms with E-state index in [0.29, 0.717) is 22.4 Å². The maximum absolute atomic E-state index is 12.5. The lowest BCUT2D eigenvalue weighted by atomic mass is 10.1. The maximum Gasteiger partial charge on any atom is 0.277 e. The van der Waals surface area contributed by atoms with Gasteiger partial charge in [-0.25, -0.2) is 10.0 Å². The van der Waals surface area contributed by atoms with E-state index in [0.717, 1.165) is 21.8 Å². The monoisotopic (exact) mass is 470 g/mol. The molecule has 0 N–H and O–H groups in total. The molecule has 9 heteroatoms. The number of fused-ring (bicyclic) bond motifs is 2. The lowest BCUT2D eigenvalue weighted by molar-refractivity contribution is -0.0756. The van der Waals surface area contributed by atoms with Crippen molar-refractivity contribution in [2.75, 3.05) is 27.3 Å². The molecule has 9 nitrogen and oxygen atoms in total. The van der Waals surface area contributed by atoms with Crippen molar-refractivity contribution in [3.8, 4) is 11.4 Å². The van der Waals surface area contributed by atoms with Crippen molar-refractivity contribution < 1.29 is 24.0 Å². The van der Waals surface area contributed by atoms with Gasteiger partial charge < -0.3 is 4.74 Å². The van der Waals surface area contributed by atoms with Crippen molar-refractivity contribution in [3.05, 3.63) is 89.7 Å². The number of rotatable bonds is 7. The van der Waals surface area contributed by atoms with Crippen molar-refractivity contribution in [1.29, 1.82) is 0 Å². The number of amides is 3. The fraction of sp³-hybridized carbons (Fsp3) is 0.154. The molecule has 3 amide bonds. The van der Waals surface area contributed by atoms with Crippen molar-refractivity contribution >= 4 is 28.8 Å². The summed E-state index contributed by atoms with van der Waals surface area (Å²) in [5.41, 5.74) is 3.70. The maximum atomic E-state index is 12.5. The van der Waals surface area contributed by atoms with Gasteiger partial charge in [0, 0.05) is 18.3 Å². The zero-order chi connectivity index (χ0) is 24.5. The summed E-state index contributed by atoms with van der Waals surface area (Å²) >= 11 is 0. The number of benzene rings is 3. The van der Waals surface area contributed by atoms with Crippen LogP contribution in [-0.2, 0) is 4.84 Å². The standard InChI is InChI=1S/C26H22N4O5/c1-28(34-2)24(31)17-7-12-22-23(15-17)30(16-27-22)18-8-10-19(11-9-18)35-14-13-29-25(32)20-5-3-4-6-21(20)26(29)33/h3-12,15-16H,13-14H2,1-2H3. The number of hydrogen-bond acceptors (Lipinski definition) is 6. The molecule has 4 aromatic rings. The average molecular weight is 470 g/mol. The van der Waals surface area contributed by atoms with Crippen LogP contribution in [0, 0.1) is 0 Å². The van der Waals surface area contributed by atoms with Crippen molar-refractivity contribution in [1.82, 2.24) is 19.5 Å². The summed E-state index contributed by atoms with van der Waals surface area (Å²) in [5.74, 6) is -0.256. The quantitative estimate of drug-likeness (QED) is 0.304. The molecule has 0 spiro atoms. The molecule has 0 aliphatic carbocycles. The molecule has 3 aromatic carbocycles. The molecule has 0 unspecified atom stereocenters. The summed E-state index contributed by atoms with van der Waals surface area (Å²) in [6, 6.07) is 19.4. The third kappa shape index (κ3) is 4.02. The average Bonchev–Trinajstić information content (AvgIpc) is 3.42. The van der Waals surface area contributed by atoms with E-state index >= 15 is 0 Å². The van der Waals surface area contributed by atoms with Crippen LogP contribution in [0.3, 0.4) is 0 Å². The zero-order valence-corrected chi connectivity index (χ0v) is 19.2. The van der Waals surface area contributed by atoms with Crippen LogP contribution < -0.4 is 4.74 Å². The fourth-order valence-corrected chi connectivity index (χ4v) is 4.01. The van der Waals surface area contributed by atoms with E-state index in [1.165, 1.54) is 12.0 Å². The minimum Gasteiger partial charge on any atom is -0.492 e. The molecule has 5 rings (SSSR count). The second-order valence-electron chi connectivity index (χ2n) is 7.95. The van der Waals surface area contributed by atoms with Gasteiger partial charge in [-0.3, -0.25) is 28.7 Å². The predicted octanol–water partition coefficient (Wildman–Crippen LogP) is 3.33. The molecule has 0 radical (unpaired) electrons. The minimum absolute atomic E-state index is 0.160. The van der Waals surface area contributed by atoms with Gasteiger partial charge in [-0.05, 0) is 54.6 Å². The first kappa shape index (κ1) is 22.3. The van der Waals surface area contributed by atoms with Crippen LogP contribution in [0.25, 0.3) is 16.7 Å². The Labute approximate surface area is 201 Å². The highest BCUT2D eigenvalue weighted by atomic mass is 16.7. The van der Waals surface area contributed by atoms with Crippen LogP contribution >= 0.6 is 0 Å². The van der Waals surface area contributed by atoms with Crippen LogP contribution in [0.4, 0.5) is 0 Å². The molecule has 0 saturated heterocycles. The van der Waals surface area contributed by atoms with Gasteiger partial charge in [-0.1, -0.05) is 12.1 Å². The smallest absolute Gasteiger partial charge is 0.277 e. The Morgan fingerprint density at radius 2 is 1.66 bits per heavy atom. The number of carbonyl (C=O) groups excluding carboxylic acids is 3. The molecule has 0 atom stereocenters. The van der Waals surface area contributed by atoms with Crippen LogP contribution in [-0.4, -0.2) is 64.5 Å². The van der Waals surface area contributed by atoms with Gasteiger partial charge in [0.25, 0.3) is 17.7 Å². The number of hydrogen-bond donors (Lipinski definition) is 0. The highest BCUT2D eigenvalue weighted by Gasteiger charge is 2.34. The Kier molecular flexibility index (Phi) is 5.76. The summed E-state index contributed by atoms with van der Waals surface area (Å²) in [5, 5.41) is 1.16. The zero-order valence-electron chi connectivity index (χ0n) is 19.2. The van der Waals surface area contributed by atoms with Gasteiger partial charge in [0.05, 0.1) is 35.8 Å². The highest BCUT2D eigenvalue weighted by molar-refractivity contribution is 6.21. The van der Waals surface area contributed by atoms with Crippen LogP contribution in [0.2, 0.25) is 0 Å². The van der Waals surface area contributed by atoms with E-state index in [4.69, 9.17) is 9.57 Å². The third-order valence-corrected chi connectivity index (χ3v) is 5.93. The van der Waals surface area contributed by atoms with Gasteiger partial charge >= 0.3 is 0 Å². The number of aromatic nitrogens is 2. The Hall–Kier alpha value is -4.50. The first-order valence-corrected chi connectivity index (χ1v) is 11.0. The molecule has 1 aliphatic heterocycles. The Morgan fingerprint density at radius 1 is 0.971 bits per heavy atom. The van der Waals surface area contributed by atoms with Gasteiger partial charge in [-0.2, -0.15) is 0 Å². The molecule has 0 fully saturated rings. The van der Waals surface area contributed by atoms with E-state index < -0.39 is 0 Å². The van der Waals surface area contributed by atoms with E-state index in [-0.39, 0.29) is 30.9 Å². The van der Waals surface area contributed by atoms with Crippen molar-refractivity contribution in [2.24, 2.45) is 0 Å². The summed E-state index contributed by atoms with van der Waals surface area (Å²) in [6.07, 6.45) is 1.69. The summed E-state index contributed by atoms with van der Waals surface area (Å²) in [4.78, 5) is 48.0. The molecule has 1 aromatic heterocycles. The number of nitrogens with zero attached hydrogens (tertiary/aromatic N) is 4. The number of imide groups is 1. The summed E-state index contributed by atoms with van der Waals surface area (Å²) in [6.45, 7) is 0.338. The molecule has 176 valence electrons. The van der Waals surface area contributed by atoms with Crippen molar-refractivity contribution in [3.63, 3.8) is 0 Å². The Bertz CT molecular complexity index is 1410. The van der Waals surface area contributed by atoms with Crippen molar-refractivity contribution in [2.45, 2.75) is 0 Å². The van der Waals surface area contributed by atoms with Crippen LogP contribution in [0.5, 0.6) is 5.75 Å². The highest BCUT2D eigenvalue weighted by Crippen LogP contribution is 2.24. The fourth-order valence-electron chi connectivity index (χ4n) is 4.01. The number of ether oxygens (including phenoxy) is 1. The van der Waals surface area contributed by atoms with Crippen LogP contribution in [0.15, 0.2) is 73.1 Å². The Balaban J connectivity index is 1.27. The molecule has 1 aliphatic rings. The van der Waals surface area contributed by atoms with Gasteiger partial charge in [0.15, 0.2) is 0 Å². The van der Waals surface area contributed by atoms with Gasteiger partial charge in [-0.15, -0.1) is 0 Å². The molecule has 0 bridgehead atoms. The third-order valence-electron chi connectivity index (χ3n) is 5.93.